The average molecular weight is 347 g/mol. The quantitative estimate of drug-likeness (QED) is 0.786. The molecular weight excluding hydrogens is 314 g/mol. The van der Waals surface area contributed by atoms with Gasteiger partial charge in [-0.2, -0.15) is 0 Å². The van der Waals surface area contributed by atoms with Gasteiger partial charge in [-0.25, -0.2) is 0 Å². The zero-order valence-electron chi connectivity index (χ0n) is 16.6. The highest BCUT2D eigenvalue weighted by Crippen LogP contribution is 2.36. The van der Waals surface area contributed by atoms with Crippen LogP contribution in [0, 0.1) is 19.8 Å². The van der Waals surface area contributed by atoms with Gasteiger partial charge in [-0.1, -0.05) is 6.92 Å². The van der Waals surface area contributed by atoms with Crippen molar-refractivity contribution >= 4 is 11.6 Å². The number of nitrogens with one attached hydrogen (secondary N) is 1. The van der Waals surface area contributed by atoms with Crippen LogP contribution in [0.3, 0.4) is 0 Å². The highest BCUT2D eigenvalue weighted by Gasteiger charge is 2.41. The molecule has 4 nitrogen and oxygen atoms in total. The first-order valence-electron chi connectivity index (χ1n) is 9.50. The molecule has 1 aromatic carbocycles. The average Bonchev–Trinajstić information content (AvgIpc) is 2.53. The number of hydrogen-bond acceptors (Lipinski definition) is 3. The zero-order valence-corrected chi connectivity index (χ0v) is 16.6. The molecule has 0 saturated heterocycles. The summed E-state index contributed by atoms with van der Waals surface area (Å²) in [6.45, 7) is 12.8. The van der Waals surface area contributed by atoms with Gasteiger partial charge in [0.2, 0.25) is 0 Å². The minimum absolute atomic E-state index is 0.0161. The highest BCUT2D eigenvalue weighted by molar-refractivity contribution is 5.97. The van der Waals surface area contributed by atoms with Gasteiger partial charge >= 0.3 is 0 Å². The van der Waals surface area contributed by atoms with Crippen LogP contribution in [0.1, 0.15) is 64.5 Å². The van der Waals surface area contributed by atoms with Gasteiger partial charge in [0.1, 0.15) is 11.4 Å². The van der Waals surface area contributed by atoms with E-state index in [1.807, 2.05) is 46.8 Å². The standard InChI is InChI=1S/C21H33NO3/c1-7-24-21(10-8-15(4)9-11-21)20(23)22-18-12-16(5)19(17(6)13-18)25-14(2)3/h12-15H,7-11H2,1-6H3,(H,22,23). The highest BCUT2D eigenvalue weighted by atomic mass is 16.5. The lowest BCUT2D eigenvalue weighted by Crippen LogP contribution is -2.48. The minimum atomic E-state index is -0.684. The van der Waals surface area contributed by atoms with E-state index in [4.69, 9.17) is 9.47 Å². The van der Waals surface area contributed by atoms with E-state index in [0.29, 0.717) is 12.5 Å². The smallest absolute Gasteiger partial charge is 0.256 e. The van der Waals surface area contributed by atoms with Gasteiger partial charge in [0.05, 0.1) is 6.10 Å². The summed E-state index contributed by atoms with van der Waals surface area (Å²) >= 11 is 0. The number of aryl methyl sites for hydroxylation is 2. The fraction of sp³-hybridized carbons (Fsp3) is 0.667. The lowest BCUT2D eigenvalue weighted by Gasteiger charge is -2.37. The van der Waals surface area contributed by atoms with E-state index in [9.17, 15) is 4.79 Å². The molecule has 140 valence electrons. The van der Waals surface area contributed by atoms with Crippen molar-refractivity contribution < 1.29 is 14.3 Å². The van der Waals surface area contributed by atoms with Crippen molar-refractivity contribution in [1.82, 2.24) is 0 Å². The summed E-state index contributed by atoms with van der Waals surface area (Å²) in [5, 5.41) is 3.09. The maximum Gasteiger partial charge on any atom is 0.256 e. The fourth-order valence-electron chi connectivity index (χ4n) is 3.63. The molecule has 4 heteroatoms. The molecule has 1 aliphatic carbocycles. The third kappa shape index (κ3) is 4.75. The number of anilines is 1. The second-order valence-corrected chi connectivity index (χ2v) is 7.67. The Morgan fingerprint density at radius 1 is 1.24 bits per heavy atom. The molecule has 0 atom stereocenters. The molecule has 1 aromatic rings. The van der Waals surface area contributed by atoms with E-state index in [2.05, 4.69) is 12.2 Å². The molecule has 2 rings (SSSR count). The summed E-state index contributed by atoms with van der Waals surface area (Å²) in [5.74, 6) is 1.55. The Bertz CT molecular complexity index is 578. The minimum Gasteiger partial charge on any atom is -0.490 e. The Hall–Kier alpha value is -1.55. The Kier molecular flexibility index (Phi) is 6.50. The maximum atomic E-state index is 13.0. The monoisotopic (exact) mass is 347 g/mol. The van der Waals surface area contributed by atoms with Gasteiger partial charge in [-0.15, -0.1) is 0 Å². The summed E-state index contributed by atoms with van der Waals surface area (Å²) in [6.07, 6.45) is 3.78. The van der Waals surface area contributed by atoms with Gasteiger partial charge in [0.15, 0.2) is 0 Å². The van der Waals surface area contributed by atoms with E-state index in [0.717, 1.165) is 48.2 Å². The number of benzene rings is 1. The first-order chi connectivity index (χ1) is 11.8. The van der Waals surface area contributed by atoms with Crippen molar-refractivity contribution in [3.05, 3.63) is 23.3 Å². The van der Waals surface area contributed by atoms with Gasteiger partial charge in [-0.3, -0.25) is 4.79 Å². The summed E-state index contributed by atoms with van der Waals surface area (Å²) in [6, 6.07) is 3.96. The first kappa shape index (κ1) is 19.8. The summed E-state index contributed by atoms with van der Waals surface area (Å²) in [7, 11) is 0. The third-order valence-corrected chi connectivity index (χ3v) is 4.99. The summed E-state index contributed by atoms with van der Waals surface area (Å²) in [5.41, 5.74) is 2.20. The van der Waals surface area contributed by atoms with E-state index in [1.165, 1.54) is 0 Å². The summed E-state index contributed by atoms with van der Waals surface area (Å²) < 4.78 is 11.8. The van der Waals surface area contributed by atoms with Crippen molar-refractivity contribution in [2.24, 2.45) is 5.92 Å². The fourth-order valence-corrected chi connectivity index (χ4v) is 3.63. The molecule has 0 spiro atoms. The van der Waals surface area contributed by atoms with E-state index in [-0.39, 0.29) is 12.0 Å². The number of carbonyl (C=O) groups is 1. The molecule has 0 bridgehead atoms. The topological polar surface area (TPSA) is 47.6 Å². The Morgan fingerprint density at radius 3 is 2.28 bits per heavy atom. The number of carbonyl (C=O) groups excluding carboxylic acids is 1. The molecule has 0 heterocycles. The van der Waals surface area contributed by atoms with Crippen molar-refractivity contribution in [3.8, 4) is 5.75 Å². The molecular formula is C21H33NO3. The SMILES string of the molecule is CCOC1(C(=O)Nc2cc(C)c(OC(C)C)c(C)c2)CCC(C)CC1. The van der Waals surface area contributed by atoms with Gasteiger partial charge in [0, 0.05) is 12.3 Å². The van der Waals surface area contributed by atoms with E-state index >= 15 is 0 Å². The molecule has 1 saturated carbocycles. The number of rotatable bonds is 6. The normalized spacial score (nSPS) is 23.6. The lowest BCUT2D eigenvalue weighted by molar-refractivity contribution is -0.146. The Balaban J connectivity index is 2.18. The van der Waals surface area contributed by atoms with Crippen LogP contribution < -0.4 is 10.1 Å². The van der Waals surface area contributed by atoms with Crippen LogP contribution in [0.25, 0.3) is 0 Å². The van der Waals surface area contributed by atoms with Crippen LogP contribution in [0.4, 0.5) is 5.69 Å². The first-order valence-corrected chi connectivity index (χ1v) is 9.50. The maximum absolute atomic E-state index is 13.0. The van der Waals surface area contributed by atoms with Crippen molar-refractivity contribution in [3.63, 3.8) is 0 Å². The van der Waals surface area contributed by atoms with Crippen molar-refractivity contribution in [2.75, 3.05) is 11.9 Å². The van der Waals surface area contributed by atoms with Gasteiger partial charge in [0.25, 0.3) is 5.91 Å². The van der Waals surface area contributed by atoms with E-state index < -0.39 is 5.60 Å². The number of amides is 1. The third-order valence-electron chi connectivity index (χ3n) is 4.99. The predicted molar refractivity (Wildman–Crippen MR) is 102 cm³/mol. The Morgan fingerprint density at radius 2 is 1.80 bits per heavy atom. The molecule has 0 unspecified atom stereocenters. The van der Waals surface area contributed by atoms with Crippen LogP contribution in [0.2, 0.25) is 0 Å². The molecule has 1 fully saturated rings. The second-order valence-electron chi connectivity index (χ2n) is 7.67. The van der Waals surface area contributed by atoms with Crippen molar-refractivity contribution in [2.45, 2.75) is 78.9 Å². The van der Waals surface area contributed by atoms with Gasteiger partial charge in [-0.05, 0) is 89.5 Å². The number of hydrogen-bond donors (Lipinski definition) is 1. The molecule has 1 N–H and O–H groups in total. The molecule has 0 aromatic heterocycles. The predicted octanol–water partition coefficient (Wildman–Crippen LogP) is 5.01. The van der Waals surface area contributed by atoms with Crippen LogP contribution in [0.5, 0.6) is 5.75 Å². The number of ether oxygens (including phenoxy) is 2. The van der Waals surface area contributed by atoms with Crippen LogP contribution in [-0.4, -0.2) is 24.2 Å². The van der Waals surface area contributed by atoms with Crippen LogP contribution in [-0.2, 0) is 9.53 Å². The zero-order chi connectivity index (χ0) is 18.6. The molecule has 0 aliphatic heterocycles. The second kappa shape index (κ2) is 8.22. The van der Waals surface area contributed by atoms with Gasteiger partial charge < -0.3 is 14.8 Å². The van der Waals surface area contributed by atoms with Crippen LogP contribution >= 0.6 is 0 Å². The molecule has 25 heavy (non-hydrogen) atoms. The molecule has 1 aliphatic rings. The van der Waals surface area contributed by atoms with Crippen LogP contribution in [0.15, 0.2) is 12.1 Å². The molecule has 0 radical (unpaired) electrons. The van der Waals surface area contributed by atoms with Crippen molar-refractivity contribution in [1.29, 1.82) is 0 Å². The lowest BCUT2D eigenvalue weighted by atomic mass is 9.78. The van der Waals surface area contributed by atoms with E-state index in [1.54, 1.807) is 0 Å². The Labute approximate surface area is 152 Å². The molecule has 1 amide bonds. The summed E-state index contributed by atoms with van der Waals surface area (Å²) in [4.78, 5) is 13.0. The largest absolute Gasteiger partial charge is 0.490 e.